The summed E-state index contributed by atoms with van der Waals surface area (Å²) in [5.74, 6) is 0.146. The zero-order valence-corrected chi connectivity index (χ0v) is 8.94. The first-order valence-corrected chi connectivity index (χ1v) is 5.24. The van der Waals surface area contributed by atoms with Crippen LogP contribution in [0.2, 0.25) is 0 Å². The van der Waals surface area contributed by atoms with E-state index in [9.17, 15) is 4.39 Å². The van der Waals surface area contributed by atoms with Crippen LogP contribution in [0.3, 0.4) is 0 Å². The summed E-state index contributed by atoms with van der Waals surface area (Å²) >= 11 is 0. The maximum Gasteiger partial charge on any atom is 0.141 e. The summed E-state index contributed by atoms with van der Waals surface area (Å²) in [5, 5.41) is 0. The van der Waals surface area contributed by atoms with Crippen molar-refractivity contribution in [2.75, 3.05) is 5.73 Å². The third-order valence-electron chi connectivity index (χ3n) is 2.64. The van der Waals surface area contributed by atoms with Crippen molar-refractivity contribution in [3.05, 3.63) is 48.3 Å². The monoisotopic (exact) mass is 227 g/mol. The molecule has 3 aromatic rings. The molecule has 0 unspecified atom stereocenters. The Kier molecular flexibility index (Phi) is 2.08. The highest BCUT2D eigenvalue weighted by Gasteiger charge is 2.09. The van der Waals surface area contributed by atoms with Crippen LogP contribution in [0.4, 0.5) is 10.1 Å². The van der Waals surface area contributed by atoms with Gasteiger partial charge in [-0.15, -0.1) is 0 Å². The van der Waals surface area contributed by atoms with Gasteiger partial charge in [-0.2, -0.15) is 0 Å². The Morgan fingerprint density at radius 1 is 1.12 bits per heavy atom. The van der Waals surface area contributed by atoms with Crippen LogP contribution in [0.25, 0.3) is 22.4 Å². The highest BCUT2D eigenvalue weighted by atomic mass is 19.1. The maximum atomic E-state index is 13.7. The minimum Gasteiger partial charge on any atom is -0.399 e. The molecule has 0 fully saturated rings. The Labute approximate surface area is 97.1 Å². The first-order chi connectivity index (χ1) is 8.24. The second-order valence-corrected chi connectivity index (χ2v) is 3.84. The zero-order chi connectivity index (χ0) is 11.8. The lowest BCUT2D eigenvalue weighted by Gasteiger charge is -1.99. The average Bonchev–Trinajstić information content (AvgIpc) is 2.72. The van der Waals surface area contributed by atoms with Gasteiger partial charge in [0.2, 0.25) is 0 Å². The first-order valence-electron chi connectivity index (χ1n) is 5.24. The van der Waals surface area contributed by atoms with E-state index in [2.05, 4.69) is 9.97 Å². The Morgan fingerprint density at radius 3 is 2.71 bits per heavy atom. The third kappa shape index (κ3) is 1.63. The van der Waals surface area contributed by atoms with Crippen molar-refractivity contribution >= 4 is 16.7 Å². The average molecular weight is 227 g/mol. The molecule has 0 saturated heterocycles. The van der Waals surface area contributed by atoms with Crippen LogP contribution in [0.5, 0.6) is 0 Å². The number of para-hydroxylation sites is 2. The molecule has 3 rings (SSSR count). The lowest BCUT2D eigenvalue weighted by molar-refractivity contribution is 0.631. The molecule has 0 amide bonds. The topological polar surface area (TPSA) is 54.7 Å². The van der Waals surface area contributed by atoms with Gasteiger partial charge in [-0.3, -0.25) is 0 Å². The predicted molar refractivity (Wildman–Crippen MR) is 65.9 cm³/mol. The van der Waals surface area contributed by atoms with E-state index in [0.29, 0.717) is 17.1 Å². The molecular formula is C13H10FN3. The number of imidazole rings is 1. The molecule has 0 saturated carbocycles. The lowest BCUT2D eigenvalue weighted by Crippen LogP contribution is -1.90. The summed E-state index contributed by atoms with van der Waals surface area (Å²) < 4.78 is 13.7. The number of aromatic amines is 1. The van der Waals surface area contributed by atoms with Gasteiger partial charge in [-0.25, -0.2) is 9.37 Å². The molecule has 1 heterocycles. The number of hydrogen-bond acceptors (Lipinski definition) is 2. The number of aromatic nitrogens is 2. The fourth-order valence-electron chi connectivity index (χ4n) is 1.80. The molecule has 0 atom stereocenters. The van der Waals surface area contributed by atoms with Gasteiger partial charge in [-0.05, 0) is 30.3 Å². The van der Waals surface area contributed by atoms with Gasteiger partial charge in [0.25, 0.3) is 0 Å². The van der Waals surface area contributed by atoms with Crippen molar-refractivity contribution < 1.29 is 4.39 Å². The van der Waals surface area contributed by atoms with E-state index in [1.807, 2.05) is 24.3 Å². The van der Waals surface area contributed by atoms with Gasteiger partial charge in [0.1, 0.15) is 11.6 Å². The van der Waals surface area contributed by atoms with Gasteiger partial charge in [-0.1, -0.05) is 12.1 Å². The molecule has 0 aliphatic heterocycles. The molecule has 17 heavy (non-hydrogen) atoms. The fraction of sp³-hybridized carbons (Fsp3) is 0. The predicted octanol–water partition coefficient (Wildman–Crippen LogP) is 2.95. The van der Waals surface area contributed by atoms with Gasteiger partial charge in [0.15, 0.2) is 0 Å². The van der Waals surface area contributed by atoms with Crippen molar-refractivity contribution in [2.24, 2.45) is 0 Å². The number of nitrogen functional groups attached to an aromatic ring is 1. The molecule has 0 aliphatic carbocycles. The number of nitrogens with two attached hydrogens (primary N) is 1. The SMILES string of the molecule is Nc1ccc(-c2nc3ccccc3[nH]2)c(F)c1. The number of halogens is 1. The molecule has 1 aromatic heterocycles. The van der Waals surface area contributed by atoms with Crippen molar-refractivity contribution in [3.63, 3.8) is 0 Å². The molecule has 4 heteroatoms. The summed E-state index contributed by atoms with van der Waals surface area (Å²) in [4.78, 5) is 7.42. The summed E-state index contributed by atoms with van der Waals surface area (Å²) in [7, 11) is 0. The number of nitrogens with one attached hydrogen (secondary N) is 1. The standard InChI is InChI=1S/C13H10FN3/c14-10-7-8(15)5-6-9(10)13-16-11-3-1-2-4-12(11)17-13/h1-7H,15H2,(H,16,17). The number of fused-ring (bicyclic) bond motifs is 1. The van der Waals surface area contributed by atoms with Crippen LogP contribution in [0.15, 0.2) is 42.5 Å². The van der Waals surface area contributed by atoms with Gasteiger partial charge < -0.3 is 10.7 Å². The summed E-state index contributed by atoms with van der Waals surface area (Å²) in [6.07, 6.45) is 0. The zero-order valence-electron chi connectivity index (χ0n) is 8.94. The number of hydrogen-bond donors (Lipinski definition) is 2. The van der Waals surface area contributed by atoms with Gasteiger partial charge >= 0.3 is 0 Å². The molecule has 3 nitrogen and oxygen atoms in total. The maximum absolute atomic E-state index is 13.7. The normalized spacial score (nSPS) is 10.9. The minimum atomic E-state index is -0.371. The van der Waals surface area contributed by atoms with E-state index in [1.165, 1.54) is 6.07 Å². The first kappa shape index (κ1) is 9.84. The molecule has 0 radical (unpaired) electrons. The Morgan fingerprint density at radius 2 is 1.94 bits per heavy atom. The van der Waals surface area contributed by atoms with Crippen LogP contribution in [0.1, 0.15) is 0 Å². The molecule has 0 spiro atoms. The molecule has 0 bridgehead atoms. The third-order valence-corrected chi connectivity index (χ3v) is 2.64. The number of anilines is 1. The quantitative estimate of drug-likeness (QED) is 0.628. The summed E-state index contributed by atoms with van der Waals surface area (Å²) in [6.45, 7) is 0. The lowest BCUT2D eigenvalue weighted by atomic mass is 10.2. The van der Waals surface area contributed by atoms with Crippen LogP contribution in [-0.4, -0.2) is 9.97 Å². The number of H-pyrrole nitrogens is 1. The Bertz CT molecular complexity index is 655. The van der Waals surface area contributed by atoms with E-state index in [1.54, 1.807) is 12.1 Å². The van der Waals surface area contributed by atoms with Crippen LogP contribution in [-0.2, 0) is 0 Å². The number of rotatable bonds is 1. The minimum absolute atomic E-state index is 0.371. The number of nitrogens with zero attached hydrogens (tertiary/aromatic N) is 1. The second-order valence-electron chi connectivity index (χ2n) is 3.84. The van der Waals surface area contributed by atoms with Crippen LogP contribution >= 0.6 is 0 Å². The van der Waals surface area contributed by atoms with E-state index in [0.717, 1.165) is 11.0 Å². The second kappa shape index (κ2) is 3.59. The summed E-state index contributed by atoms with van der Waals surface area (Å²) in [5.41, 5.74) is 8.05. The molecule has 2 aromatic carbocycles. The van der Waals surface area contributed by atoms with E-state index in [4.69, 9.17) is 5.73 Å². The molecule has 0 aliphatic rings. The molecule has 84 valence electrons. The summed E-state index contributed by atoms with van der Waals surface area (Å²) in [6, 6.07) is 12.2. The Hall–Kier alpha value is -2.36. The van der Waals surface area contributed by atoms with E-state index in [-0.39, 0.29) is 5.82 Å². The van der Waals surface area contributed by atoms with Crippen molar-refractivity contribution in [2.45, 2.75) is 0 Å². The fourth-order valence-corrected chi connectivity index (χ4v) is 1.80. The van der Waals surface area contributed by atoms with Gasteiger partial charge in [0.05, 0.1) is 16.6 Å². The van der Waals surface area contributed by atoms with E-state index < -0.39 is 0 Å². The van der Waals surface area contributed by atoms with Crippen molar-refractivity contribution in [1.29, 1.82) is 0 Å². The highest BCUT2D eigenvalue weighted by Crippen LogP contribution is 2.24. The Balaban J connectivity index is 2.20. The van der Waals surface area contributed by atoms with Crippen LogP contribution < -0.4 is 5.73 Å². The molecule has 3 N–H and O–H groups in total. The van der Waals surface area contributed by atoms with Crippen LogP contribution in [0, 0.1) is 5.82 Å². The van der Waals surface area contributed by atoms with E-state index >= 15 is 0 Å². The highest BCUT2D eigenvalue weighted by molar-refractivity contribution is 5.79. The number of benzene rings is 2. The van der Waals surface area contributed by atoms with Gasteiger partial charge in [0, 0.05) is 5.69 Å². The molecular weight excluding hydrogens is 217 g/mol. The van der Waals surface area contributed by atoms with Crippen molar-refractivity contribution in [1.82, 2.24) is 9.97 Å². The largest absolute Gasteiger partial charge is 0.399 e. The smallest absolute Gasteiger partial charge is 0.141 e. The van der Waals surface area contributed by atoms with Crippen molar-refractivity contribution in [3.8, 4) is 11.4 Å².